The SMILES string of the molecule is CC(=NNN1CCCC1)c1cccc(C(C)=NNN2CCCC2)n1.[Cl-].[Cl-].[V+2]. The predicted molar refractivity (Wildman–Crippen MR) is 96.5 cm³/mol. The Hall–Kier alpha value is -0.826. The van der Waals surface area contributed by atoms with E-state index >= 15 is 0 Å². The van der Waals surface area contributed by atoms with Crippen LogP contribution in [0.25, 0.3) is 0 Å². The van der Waals surface area contributed by atoms with Gasteiger partial charge < -0.3 is 24.8 Å². The number of hydrogen-bond donors (Lipinski definition) is 2. The molecule has 1 aromatic rings. The molecular weight excluding hydrogens is 424 g/mol. The minimum absolute atomic E-state index is 0. The van der Waals surface area contributed by atoms with Crippen LogP contribution in [0.5, 0.6) is 0 Å². The van der Waals surface area contributed by atoms with Crippen molar-refractivity contribution in [3.8, 4) is 0 Å². The molecule has 0 atom stereocenters. The molecule has 10 heteroatoms. The number of aromatic nitrogens is 1. The fourth-order valence-electron chi connectivity index (χ4n) is 2.88. The van der Waals surface area contributed by atoms with Crippen molar-refractivity contribution in [1.82, 2.24) is 26.1 Å². The van der Waals surface area contributed by atoms with Gasteiger partial charge in [-0.15, -0.1) is 0 Å². The van der Waals surface area contributed by atoms with Gasteiger partial charge in [0.15, 0.2) is 0 Å². The first-order valence-corrected chi connectivity index (χ1v) is 8.80. The second kappa shape index (κ2) is 13.4. The van der Waals surface area contributed by atoms with Crippen LogP contribution in [-0.4, -0.2) is 52.6 Å². The first-order chi connectivity index (χ1) is 11.7. The maximum Gasteiger partial charge on any atom is 2.00 e. The molecule has 0 unspecified atom stereocenters. The molecular formula is C17H27Cl2N7V. The summed E-state index contributed by atoms with van der Waals surface area (Å²) < 4.78 is 0. The molecule has 3 rings (SSSR count). The molecule has 2 aliphatic rings. The smallest absolute Gasteiger partial charge is 1.00 e. The van der Waals surface area contributed by atoms with Gasteiger partial charge in [0, 0.05) is 26.2 Å². The monoisotopic (exact) mass is 450 g/mol. The average Bonchev–Trinajstić information content (AvgIpc) is 3.31. The van der Waals surface area contributed by atoms with Gasteiger partial charge in [-0.2, -0.15) is 10.2 Å². The van der Waals surface area contributed by atoms with E-state index in [0.717, 1.165) is 49.0 Å². The number of nitrogens with zero attached hydrogens (tertiary/aromatic N) is 5. The van der Waals surface area contributed by atoms with E-state index in [2.05, 4.69) is 36.3 Å². The van der Waals surface area contributed by atoms with E-state index in [-0.39, 0.29) is 43.4 Å². The average molecular weight is 451 g/mol. The second-order valence-corrected chi connectivity index (χ2v) is 6.39. The molecule has 0 aliphatic carbocycles. The number of rotatable bonds is 6. The third kappa shape index (κ3) is 7.97. The number of nitrogens with one attached hydrogen (secondary N) is 2. The summed E-state index contributed by atoms with van der Waals surface area (Å²) in [5.41, 5.74) is 9.74. The molecule has 1 radical (unpaired) electrons. The number of hydrazine groups is 2. The largest absolute Gasteiger partial charge is 2.00 e. The zero-order chi connectivity index (χ0) is 16.8. The van der Waals surface area contributed by atoms with E-state index in [1.165, 1.54) is 25.7 Å². The Morgan fingerprint density at radius 1 is 0.815 bits per heavy atom. The van der Waals surface area contributed by atoms with Crippen molar-refractivity contribution in [3.05, 3.63) is 29.6 Å². The zero-order valence-electron chi connectivity index (χ0n) is 15.8. The Labute approximate surface area is 186 Å². The second-order valence-electron chi connectivity index (χ2n) is 6.39. The summed E-state index contributed by atoms with van der Waals surface area (Å²) in [6.45, 7) is 8.17. The number of hydrogen-bond acceptors (Lipinski definition) is 7. The Bertz CT molecular complexity index is 566. The molecule has 27 heavy (non-hydrogen) atoms. The molecule has 7 nitrogen and oxygen atoms in total. The molecule has 0 bridgehead atoms. The first kappa shape index (κ1) is 26.2. The van der Waals surface area contributed by atoms with E-state index in [4.69, 9.17) is 0 Å². The van der Waals surface area contributed by atoms with Crippen molar-refractivity contribution in [1.29, 1.82) is 0 Å². The summed E-state index contributed by atoms with van der Waals surface area (Å²) in [5, 5.41) is 13.2. The molecule has 2 N–H and O–H groups in total. The Balaban J connectivity index is 0.00000225. The van der Waals surface area contributed by atoms with E-state index in [9.17, 15) is 0 Å². The Kier molecular flexibility index (Phi) is 13.0. The van der Waals surface area contributed by atoms with Crippen LogP contribution in [0.2, 0.25) is 0 Å². The van der Waals surface area contributed by atoms with Crippen molar-refractivity contribution in [3.63, 3.8) is 0 Å². The van der Waals surface area contributed by atoms with Crippen LogP contribution in [0.4, 0.5) is 0 Å². The van der Waals surface area contributed by atoms with Crippen molar-refractivity contribution >= 4 is 11.4 Å². The van der Waals surface area contributed by atoms with Crippen molar-refractivity contribution in [2.24, 2.45) is 10.2 Å². The van der Waals surface area contributed by atoms with E-state index < -0.39 is 0 Å². The quantitative estimate of drug-likeness (QED) is 0.339. The fourth-order valence-corrected chi connectivity index (χ4v) is 2.88. The molecule has 0 aromatic carbocycles. The summed E-state index contributed by atoms with van der Waals surface area (Å²) in [4.78, 5) is 4.68. The Morgan fingerprint density at radius 2 is 1.19 bits per heavy atom. The van der Waals surface area contributed by atoms with Gasteiger partial charge in [0.1, 0.15) is 0 Å². The molecule has 0 saturated carbocycles. The zero-order valence-corrected chi connectivity index (χ0v) is 18.7. The third-order valence-corrected chi connectivity index (χ3v) is 4.42. The maximum absolute atomic E-state index is 4.68. The minimum atomic E-state index is 0. The standard InChI is InChI=1S/C17H27N7.2ClH.V/c1-14(19-21-23-10-3-4-11-23)16-8-7-9-17(18-16)15(2)20-22-24-12-5-6-13-24;;;/h7-9,21-22H,3-6,10-13H2,1-2H3;2*1H;/q;;;+2/p-2. The summed E-state index contributed by atoms with van der Waals surface area (Å²) in [7, 11) is 0. The summed E-state index contributed by atoms with van der Waals surface area (Å²) in [6.07, 6.45) is 4.92. The van der Waals surface area contributed by atoms with Gasteiger partial charge in [0.05, 0.1) is 22.8 Å². The first-order valence-electron chi connectivity index (χ1n) is 8.80. The van der Waals surface area contributed by atoms with Crippen LogP contribution in [0.3, 0.4) is 0 Å². The van der Waals surface area contributed by atoms with Crippen molar-refractivity contribution in [2.75, 3.05) is 26.2 Å². The minimum Gasteiger partial charge on any atom is -1.00 e. The third-order valence-electron chi connectivity index (χ3n) is 4.42. The van der Waals surface area contributed by atoms with Gasteiger partial charge >= 0.3 is 18.6 Å². The number of halogens is 2. The van der Waals surface area contributed by atoms with Crippen molar-refractivity contribution in [2.45, 2.75) is 39.5 Å². The number of pyridine rings is 1. The van der Waals surface area contributed by atoms with Gasteiger partial charge in [0.25, 0.3) is 0 Å². The maximum atomic E-state index is 4.68. The van der Waals surface area contributed by atoms with Gasteiger partial charge in [0.2, 0.25) is 0 Å². The normalized spacial score (nSPS) is 18.3. The summed E-state index contributed by atoms with van der Waals surface area (Å²) >= 11 is 0. The van der Waals surface area contributed by atoms with Crippen LogP contribution >= 0.6 is 0 Å². The van der Waals surface area contributed by atoms with Crippen LogP contribution in [0, 0.1) is 0 Å². The van der Waals surface area contributed by atoms with Gasteiger partial charge in [-0.3, -0.25) is 0 Å². The van der Waals surface area contributed by atoms with Crippen molar-refractivity contribution < 1.29 is 43.4 Å². The van der Waals surface area contributed by atoms with Crippen LogP contribution in [0.15, 0.2) is 28.4 Å². The summed E-state index contributed by atoms with van der Waals surface area (Å²) in [6, 6.07) is 5.96. The van der Waals surface area contributed by atoms with Crippen LogP contribution in [0.1, 0.15) is 50.9 Å². The number of hydrazone groups is 2. The molecule has 1 aromatic heterocycles. The molecule has 2 fully saturated rings. The van der Waals surface area contributed by atoms with E-state index in [0.29, 0.717) is 0 Å². The summed E-state index contributed by atoms with van der Waals surface area (Å²) in [5.74, 6) is 0. The fraction of sp³-hybridized carbons (Fsp3) is 0.588. The van der Waals surface area contributed by atoms with E-state index in [1.54, 1.807) is 0 Å². The molecule has 0 spiro atoms. The van der Waals surface area contributed by atoms with Crippen LogP contribution < -0.4 is 35.9 Å². The molecule has 0 amide bonds. The van der Waals surface area contributed by atoms with Gasteiger partial charge in [-0.25, -0.2) is 26.1 Å². The molecule has 3 heterocycles. The molecule has 2 saturated heterocycles. The molecule has 149 valence electrons. The Morgan fingerprint density at radius 3 is 1.56 bits per heavy atom. The van der Waals surface area contributed by atoms with Crippen LogP contribution in [-0.2, 0) is 18.6 Å². The molecule has 2 aliphatic heterocycles. The predicted octanol–water partition coefficient (Wildman–Crippen LogP) is -4.26. The van der Waals surface area contributed by atoms with E-state index in [1.807, 2.05) is 32.0 Å². The van der Waals surface area contributed by atoms with Gasteiger partial charge in [-0.05, 0) is 51.7 Å². The van der Waals surface area contributed by atoms with Gasteiger partial charge in [-0.1, -0.05) is 6.07 Å². The topological polar surface area (TPSA) is 68.2 Å².